The summed E-state index contributed by atoms with van der Waals surface area (Å²) >= 11 is 6.01. The first-order chi connectivity index (χ1) is 20.9. The van der Waals surface area contributed by atoms with Crippen LogP contribution in [0, 0.1) is 11.3 Å². The first-order valence-corrected chi connectivity index (χ1v) is 15.0. The number of phenolic OH excluding ortho intramolecular Hbond substituents is 1. The Hall–Kier alpha value is -4.37. The van der Waals surface area contributed by atoms with Crippen molar-refractivity contribution in [3.63, 3.8) is 0 Å². The Bertz CT molecular complexity index is 1490. The standard InChI is InChI=1S/C34H38ClN3O6/c1-34(2,3)21-30(40)37-29(18-22-10-12-27(39)13-11-22)33(43)44-28-9-4-6-24(19-28)32(42)38-16-14-23(15-17-38)31(41)36-26-8-5-7-25(35)20-26/h4-13,19-20,23,29,39H,14-18,21H2,1-3H3,(H,36,41)(H,37,40)/t29-/m1/s1. The number of likely N-dealkylation sites (tertiary alicyclic amines) is 1. The van der Waals surface area contributed by atoms with Crippen molar-refractivity contribution in [3.8, 4) is 11.5 Å². The van der Waals surface area contributed by atoms with Gasteiger partial charge >= 0.3 is 5.97 Å². The molecule has 3 aromatic rings. The van der Waals surface area contributed by atoms with Gasteiger partial charge in [-0.25, -0.2) is 4.79 Å². The summed E-state index contributed by atoms with van der Waals surface area (Å²) in [6.45, 7) is 6.61. The third-order valence-corrected chi connectivity index (χ3v) is 7.47. The smallest absolute Gasteiger partial charge is 0.334 e. The molecule has 0 aromatic heterocycles. The third kappa shape index (κ3) is 9.57. The van der Waals surface area contributed by atoms with Gasteiger partial charge in [0.2, 0.25) is 11.8 Å². The Morgan fingerprint density at radius 3 is 2.32 bits per heavy atom. The number of anilines is 1. The lowest BCUT2D eigenvalue weighted by Gasteiger charge is -2.31. The van der Waals surface area contributed by atoms with Crippen molar-refractivity contribution in [2.75, 3.05) is 18.4 Å². The van der Waals surface area contributed by atoms with Gasteiger partial charge in [-0.2, -0.15) is 0 Å². The van der Waals surface area contributed by atoms with E-state index >= 15 is 0 Å². The Kier molecular flexibility index (Phi) is 10.7. The maximum absolute atomic E-state index is 13.3. The number of nitrogens with one attached hydrogen (secondary N) is 2. The largest absolute Gasteiger partial charge is 0.508 e. The highest BCUT2D eigenvalue weighted by atomic mass is 35.5. The number of amides is 3. The molecule has 0 unspecified atom stereocenters. The second-order valence-corrected chi connectivity index (χ2v) is 12.7. The number of esters is 1. The Morgan fingerprint density at radius 1 is 0.977 bits per heavy atom. The molecule has 4 rings (SSSR count). The van der Waals surface area contributed by atoms with Crippen molar-refractivity contribution < 1.29 is 29.0 Å². The number of nitrogens with zero attached hydrogens (tertiary/aromatic N) is 1. The van der Waals surface area contributed by atoms with Gasteiger partial charge in [-0.3, -0.25) is 14.4 Å². The number of carbonyl (C=O) groups is 4. The average Bonchev–Trinajstić information content (AvgIpc) is 2.97. The summed E-state index contributed by atoms with van der Waals surface area (Å²) in [5, 5.41) is 15.8. The summed E-state index contributed by atoms with van der Waals surface area (Å²) in [7, 11) is 0. The van der Waals surface area contributed by atoms with E-state index in [0.717, 1.165) is 5.56 Å². The van der Waals surface area contributed by atoms with Crippen molar-refractivity contribution in [2.45, 2.75) is 52.5 Å². The summed E-state index contributed by atoms with van der Waals surface area (Å²) in [5.74, 6) is -1.25. The van der Waals surface area contributed by atoms with E-state index in [2.05, 4.69) is 10.6 Å². The minimum atomic E-state index is -0.981. The van der Waals surface area contributed by atoms with Crippen LogP contribution in [0.2, 0.25) is 5.02 Å². The van der Waals surface area contributed by atoms with Crippen LogP contribution in [0.1, 0.15) is 56.0 Å². The lowest BCUT2D eigenvalue weighted by atomic mass is 9.91. The minimum Gasteiger partial charge on any atom is -0.508 e. The zero-order valence-electron chi connectivity index (χ0n) is 25.1. The van der Waals surface area contributed by atoms with E-state index in [1.165, 1.54) is 18.2 Å². The summed E-state index contributed by atoms with van der Waals surface area (Å²) in [6.07, 6.45) is 1.41. The molecule has 232 valence electrons. The molecule has 0 saturated carbocycles. The number of aromatic hydroxyl groups is 1. The van der Waals surface area contributed by atoms with Gasteiger partial charge in [0.15, 0.2) is 0 Å². The van der Waals surface area contributed by atoms with Gasteiger partial charge in [0.25, 0.3) is 5.91 Å². The highest BCUT2D eigenvalue weighted by Gasteiger charge is 2.29. The second kappa shape index (κ2) is 14.4. The van der Waals surface area contributed by atoms with Crippen LogP contribution in [-0.4, -0.2) is 52.8 Å². The van der Waals surface area contributed by atoms with Crippen LogP contribution < -0.4 is 15.4 Å². The predicted molar refractivity (Wildman–Crippen MR) is 169 cm³/mol. The lowest BCUT2D eigenvalue weighted by molar-refractivity contribution is -0.139. The highest BCUT2D eigenvalue weighted by Crippen LogP contribution is 2.24. The zero-order valence-corrected chi connectivity index (χ0v) is 25.9. The molecular formula is C34H38ClN3O6. The molecule has 1 aliphatic heterocycles. The maximum atomic E-state index is 13.3. The van der Waals surface area contributed by atoms with Crippen molar-refractivity contribution in [3.05, 3.63) is 88.9 Å². The fourth-order valence-electron chi connectivity index (χ4n) is 5.01. The minimum absolute atomic E-state index is 0.0937. The summed E-state index contributed by atoms with van der Waals surface area (Å²) < 4.78 is 5.66. The van der Waals surface area contributed by atoms with Crippen LogP contribution in [-0.2, 0) is 20.8 Å². The average molecular weight is 620 g/mol. The number of benzene rings is 3. The summed E-state index contributed by atoms with van der Waals surface area (Å²) in [6, 6.07) is 18.7. The molecule has 44 heavy (non-hydrogen) atoms. The first kappa shape index (κ1) is 32.5. The number of carbonyl (C=O) groups excluding carboxylic acids is 4. The van der Waals surface area contributed by atoms with Crippen LogP contribution in [0.25, 0.3) is 0 Å². The van der Waals surface area contributed by atoms with E-state index in [4.69, 9.17) is 16.3 Å². The summed E-state index contributed by atoms with van der Waals surface area (Å²) in [4.78, 5) is 53.8. The number of hydrogen-bond donors (Lipinski definition) is 3. The number of hydrogen-bond acceptors (Lipinski definition) is 6. The number of phenols is 1. The van der Waals surface area contributed by atoms with Crippen molar-refractivity contribution in [2.24, 2.45) is 11.3 Å². The lowest BCUT2D eigenvalue weighted by Crippen LogP contribution is -2.45. The predicted octanol–water partition coefficient (Wildman–Crippen LogP) is 5.61. The van der Waals surface area contributed by atoms with Gasteiger partial charge in [-0.05, 0) is 72.4 Å². The topological polar surface area (TPSA) is 125 Å². The van der Waals surface area contributed by atoms with E-state index in [-0.39, 0.29) is 53.4 Å². The molecular weight excluding hydrogens is 582 g/mol. The van der Waals surface area contributed by atoms with Gasteiger partial charge < -0.3 is 25.4 Å². The molecule has 0 spiro atoms. The van der Waals surface area contributed by atoms with Crippen molar-refractivity contribution in [1.82, 2.24) is 10.2 Å². The number of rotatable bonds is 9. The van der Waals surface area contributed by atoms with Crippen LogP contribution in [0.4, 0.5) is 5.69 Å². The number of halogens is 1. The van der Waals surface area contributed by atoms with Gasteiger partial charge in [-0.15, -0.1) is 0 Å². The fraction of sp³-hybridized carbons (Fsp3) is 0.353. The molecule has 10 heteroatoms. The number of ether oxygens (including phenoxy) is 1. The zero-order chi connectivity index (χ0) is 31.9. The molecule has 9 nitrogen and oxygen atoms in total. The van der Waals surface area contributed by atoms with E-state index in [0.29, 0.717) is 42.2 Å². The highest BCUT2D eigenvalue weighted by molar-refractivity contribution is 6.30. The van der Waals surface area contributed by atoms with Gasteiger partial charge in [0.1, 0.15) is 17.5 Å². The molecule has 3 N–H and O–H groups in total. The van der Waals surface area contributed by atoms with Crippen molar-refractivity contribution in [1.29, 1.82) is 0 Å². The Balaban J connectivity index is 1.38. The quantitative estimate of drug-likeness (QED) is 0.211. The normalized spacial score (nSPS) is 14.4. The molecule has 0 bridgehead atoms. The molecule has 1 atom stereocenters. The number of piperidine rings is 1. The molecule has 1 saturated heterocycles. The molecule has 3 amide bonds. The molecule has 0 aliphatic carbocycles. The first-order valence-electron chi connectivity index (χ1n) is 14.6. The second-order valence-electron chi connectivity index (χ2n) is 12.2. The SMILES string of the molecule is CC(C)(C)CC(=O)N[C@H](Cc1ccc(O)cc1)C(=O)Oc1cccc(C(=O)N2CCC(C(=O)Nc3cccc(Cl)c3)CC2)c1. The van der Waals surface area contributed by atoms with Crippen LogP contribution in [0.15, 0.2) is 72.8 Å². The van der Waals surface area contributed by atoms with Crippen LogP contribution >= 0.6 is 11.6 Å². The molecule has 1 aliphatic rings. The molecule has 1 fully saturated rings. The maximum Gasteiger partial charge on any atom is 0.334 e. The van der Waals surface area contributed by atoms with Gasteiger partial charge in [-0.1, -0.05) is 56.6 Å². The Morgan fingerprint density at radius 2 is 1.66 bits per heavy atom. The molecule has 0 radical (unpaired) electrons. The van der Waals surface area contributed by atoms with Gasteiger partial charge in [0, 0.05) is 48.1 Å². The monoisotopic (exact) mass is 619 g/mol. The van der Waals surface area contributed by atoms with E-state index in [1.54, 1.807) is 59.5 Å². The van der Waals surface area contributed by atoms with E-state index in [9.17, 15) is 24.3 Å². The molecule has 3 aromatic carbocycles. The van der Waals surface area contributed by atoms with Crippen LogP contribution in [0.5, 0.6) is 11.5 Å². The fourth-order valence-corrected chi connectivity index (χ4v) is 5.20. The van der Waals surface area contributed by atoms with Gasteiger partial charge in [0.05, 0.1) is 0 Å². The molecule has 1 heterocycles. The van der Waals surface area contributed by atoms with Crippen LogP contribution in [0.3, 0.4) is 0 Å². The van der Waals surface area contributed by atoms with Crippen molar-refractivity contribution >= 4 is 41.0 Å². The van der Waals surface area contributed by atoms with E-state index in [1.807, 2.05) is 20.8 Å². The summed E-state index contributed by atoms with van der Waals surface area (Å²) in [5.41, 5.74) is 1.44. The Labute approximate surface area is 262 Å². The van der Waals surface area contributed by atoms with E-state index < -0.39 is 12.0 Å². The third-order valence-electron chi connectivity index (χ3n) is 7.23.